The van der Waals surface area contributed by atoms with Gasteiger partial charge < -0.3 is 14.2 Å². The molecule has 5 heteroatoms. The summed E-state index contributed by atoms with van der Waals surface area (Å²) in [4.78, 5) is 23.3. The van der Waals surface area contributed by atoms with E-state index < -0.39 is 11.7 Å². The van der Waals surface area contributed by atoms with Crippen molar-refractivity contribution in [1.82, 2.24) is 5.32 Å². The molecule has 1 amide bonds. The van der Waals surface area contributed by atoms with Gasteiger partial charge in [0, 0.05) is 12.8 Å². The molecule has 0 radical (unpaired) electrons. The molecule has 0 aliphatic heterocycles. The van der Waals surface area contributed by atoms with Crippen LogP contribution in [0.2, 0.25) is 0 Å². The van der Waals surface area contributed by atoms with E-state index >= 15 is 0 Å². The van der Waals surface area contributed by atoms with Crippen LogP contribution >= 0.6 is 0 Å². The Morgan fingerprint density at radius 2 is 1.60 bits per heavy atom. The van der Waals surface area contributed by atoms with Gasteiger partial charge in [-0.05, 0) is 38.1 Å². The Labute approximate surface area is 117 Å². The number of hydrogen-bond acceptors (Lipinski definition) is 4. The highest BCUT2D eigenvalue weighted by molar-refractivity contribution is 6.36. The topological polar surface area (TPSA) is 72.5 Å². The van der Waals surface area contributed by atoms with E-state index in [1.807, 2.05) is 32.0 Å². The second kappa shape index (κ2) is 6.23. The fourth-order valence-electron chi connectivity index (χ4n) is 1.82. The second-order valence-electron chi connectivity index (χ2n) is 4.63. The van der Waals surface area contributed by atoms with Crippen molar-refractivity contribution in [2.75, 3.05) is 0 Å². The van der Waals surface area contributed by atoms with Crippen LogP contribution in [0.15, 0.2) is 33.1 Å². The molecule has 2 heterocycles. The van der Waals surface area contributed by atoms with Crippen molar-refractivity contribution >= 4 is 11.7 Å². The van der Waals surface area contributed by atoms with E-state index in [4.69, 9.17) is 8.83 Å². The van der Waals surface area contributed by atoms with Crippen molar-refractivity contribution < 1.29 is 18.4 Å². The molecule has 0 fully saturated rings. The third kappa shape index (κ3) is 3.85. The number of nitrogens with one attached hydrogen (secondary N) is 1. The number of carbonyl (C=O) groups excluding carboxylic acids is 2. The van der Waals surface area contributed by atoms with Crippen LogP contribution in [0.1, 0.15) is 29.5 Å². The van der Waals surface area contributed by atoms with Crippen LogP contribution < -0.4 is 5.32 Å². The fraction of sp³-hybridized carbons (Fsp3) is 0.333. The van der Waals surface area contributed by atoms with Gasteiger partial charge in [0.15, 0.2) is 0 Å². The van der Waals surface area contributed by atoms with Gasteiger partial charge in [0.05, 0.1) is 6.54 Å². The summed E-state index contributed by atoms with van der Waals surface area (Å²) in [5, 5.41) is 2.54. The third-order valence-corrected chi connectivity index (χ3v) is 2.87. The summed E-state index contributed by atoms with van der Waals surface area (Å²) >= 11 is 0. The van der Waals surface area contributed by atoms with Crippen LogP contribution in [0.4, 0.5) is 0 Å². The second-order valence-corrected chi connectivity index (χ2v) is 4.63. The van der Waals surface area contributed by atoms with Gasteiger partial charge in [-0.15, -0.1) is 0 Å². The normalized spacial score (nSPS) is 10.5. The van der Waals surface area contributed by atoms with Crippen LogP contribution in [0, 0.1) is 13.8 Å². The summed E-state index contributed by atoms with van der Waals surface area (Å²) in [6.45, 7) is 3.88. The van der Waals surface area contributed by atoms with Crippen LogP contribution in [-0.4, -0.2) is 11.7 Å². The smallest absolute Gasteiger partial charge is 0.287 e. The number of Topliss-reactive ketones (excluding diaryl/α,β-unsaturated/α-hetero) is 1. The van der Waals surface area contributed by atoms with E-state index in [-0.39, 0.29) is 13.0 Å². The molecule has 2 aromatic rings. The van der Waals surface area contributed by atoms with Gasteiger partial charge in [-0.1, -0.05) is 0 Å². The molecule has 0 unspecified atom stereocenters. The lowest BCUT2D eigenvalue weighted by atomic mass is 10.2. The molecule has 0 saturated heterocycles. The van der Waals surface area contributed by atoms with Crippen molar-refractivity contribution in [1.29, 1.82) is 0 Å². The van der Waals surface area contributed by atoms with Gasteiger partial charge in [0.2, 0.25) is 5.78 Å². The lowest BCUT2D eigenvalue weighted by molar-refractivity contribution is -0.138. The predicted molar refractivity (Wildman–Crippen MR) is 72.1 cm³/mol. The number of hydrogen-bond donors (Lipinski definition) is 1. The van der Waals surface area contributed by atoms with E-state index in [0.29, 0.717) is 17.9 Å². The lowest BCUT2D eigenvalue weighted by Gasteiger charge is -2.02. The van der Waals surface area contributed by atoms with Crippen molar-refractivity contribution in [3.8, 4) is 0 Å². The number of amides is 1. The summed E-state index contributed by atoms with van der Waals surface area (Å²) in [5.41, 5.74) is 0. The highest BCUT2D eigenvalue weighted by Gasteiger charge is 2.14. The van der Waals surface area contributed by atoms with Crippen LogP contribution in [-0.2, 0) is 22.6 Å². The van der Waals surface area contributed by atoms with Crippen molar-refractivity contribution in [2.45, 2.75) is 33.2 Å². The van der Waals surface area contributed by atoms with Crippen molar-refractivity contribution in [2.24, 2.45) is 0 Å². The molecule has 2 aromatic heterocycles. The molecule has 0 saturated carbocycles. The zero-order valence-corrected chi connectivity index (χ0v) is 11.6. The Bertz CT molecular complexity index is 555. The number of ketones is 1. The SMILES string of the molecule is Cc1ccc(CCC(=O)C(=O)NCc2ccc(C)o2)o1. The molecule has 0 spiro atoms. The Kier molecular flexibility index (Phi) is 4.40. The van der Waals surface area contributed by atoms with Gasteiger partial charge in [-0.3, -0.25) is 9.59 Å². The molecule has 0 atom stereocenters. The molecule has 0 aromatic carbocycles. The van der Waals surface area contributed by atoms with Crippen molar-refractivity contribution in [3.63, 3.8) is 0 Å². The first kappa shape index (κ1) is 14.1. The lowest BCUT2D eigenvalue weighted by Crippen LogP contribution is -2.30. The molecular formula is C15H17NO4. The number of rotatable bonds is 6. The first-order chi connectivity index (χ1) is 9.54. The maximum Gasteiger partial charge on any atom is 0.287 e. The maximum atomic E-state index is 11.7. The average molecular weight is 275 g/mol. The molecule has 0 bridgehead atoms. The fourth-order valence-corrected chi connectivity index (χ4v) is 1.82. The highest BCUT2D eigenvalue weighted by atomic mass is 16.3. The van der Waals surface area contributed by atoms with Gasteiger partial charge in [-0.2, -0.15) is 0 Å². The summed E-state index contributed by atoms with van der Waals surface area (Å²) < 4.78 is 10.7. The van der Waals surface area contributed by atoms with Gasteiger partial charge in [0.25, 0.3) is 5.91 Å². The summed E-state index contributed by atoms with van der Waals surface area (Å²) in [5.74, 6) is 1.86. The van der Waals surface area contributed by atoms with E-state index in [1.165, 1.54) is 0 Å². The molecule has 0 aliphatic carbocycles. The molecule has 106 valence electrons. The first-order valence-electron chi connectivity index (χ1n) is 6.46. The molecule has 1 N–H and O–H groups in total. The minimum Gasteiger partial charge on any atom is -0.466 e. The number of carbonyl (C=O) groups is 2. The molecular weight excluding hydrogens is 258 g/mol. The monoisotopic (exact) mass is 275 g/mol. The third-order valence-electron chi connectivity index (χ3n) is 2.87. The van der Waals surface area contributed by atoms with E-state index in [9.17, 15) is 9.59 Å². The number of aryl methyl sites for hydroxylation is 3. The van der Waals surface area contributed by atoms with E-state index in [2.05, 4.69) is 5.32 Å². The maximum absolute atomic E-state index is 11.7. The Balaban J connectivity index is 1.76. The molecule has 0 aliphatic rings. The van der Waals surface area contributed by atoms with Gasteiger partial charge in [-0.25, -0.2) is 0 Å². The Morgan fingerprint density at radius 3 is 2.15 bits per heavy atom. The van der Waals surface area contributed by atoms with Crippen molar-refractivity contribution in [3.05, 3.63) is 47.3 Å². The summed E-state index contributed by atoms with van der Waals surface area (Å²) in [6, 6.07) is 7.22. The number of furan rings is 2. The largest absolute Gasteiger partial charge is 0.466 e. The summed E-state index contributed by atoms with van der Waals surface area (Å²) in [6.07, 6.45) is 0.565. The Morgan fingerprint density at radius 1 is 1.00 bits per heavy atom. The standard InChI is InChI=1S/C15H17NO4/c1-10-3-5-12(19-10)7-8-14(17)15(18)16-9-13-6-4-11(2)20-13/h3-6H,7-9H2,1-2H3,(H,16,18). The Hall–Kier alpha value is -2.30. The average Bonchev–Trinajstić information content (AvgIpc) is 3.02. The minimum atomic E-state index is -0.595. The molecule has 2 rings (SSSR count). The molecule has 5 nitrogen and oxygen atoms in total. The minimum absolute atomic E-state index is 0.135. The van der Waals surface area contributed by atoms with E-state index in [0.717, 1.165) is 11.5 Å². The quantitative estimate of drug-likeness (QED) is 0.821. The molecule has 20 heavy (non-hydrogen) atoms. The van der Waals surface area contributed by atoms with Crippen LogP contribution in [0.3, 0.4) is 0 Å². The van der Waals surface area contributed by atoms with Crippen LogP contribution in [0.5, 0.6) is 0 Å². The first-order valence-corrected chi connectivity index (χ1v) is 6.46. The summed E-state index contributed by atoms with van der Waals surface area (Å²) in [7, 11) is 0. The predicted octanol–water partition coefficient (Wildman–Crippen LogP) is 2.31. The zero-order chi connectivity index (χ0) is 14.5. The zero-order valence-electron chi connectivity index (χ0n) is 11.6. The highest BCUT2D eigenvalue weighted by Crippen LogP contribution is 2.09. The van der Waals surface area contributed by atoms with Gasteiger partial charge in [0.1, 0.15) is 23.0 Å². The van der Waals surface area contributed by atoms with Crippen LogP contribution in [0.25, 0.3) is 0 Å². The van der Waals surface area contributed by atoms with E-state index in [1.54, 1.807) is 6.07 Å². The van der Waals surface area contributed by atoms with Gasteiger partial charge >= 0.3 is 0 Å².